The van der Waals surface area contributed by atoms with Gasteiger partial charge in [0.1, 0.15) is 5.69 Å². The van der Waals surface area contributed by atoms with Crippen LogP contribution in [0.25, 0.3) is 5.69 Å². The van der Waals surface area contributed by atoms with Crippen molar-refractivity contribution in [2.24, 2.45) is 0 Å². The Labute approximate surface area is 135 Å². The molecule has 0 saturated carbocycles. The number of halogens is 1. The summed E-state index contributed by atoms with van der Waals surface area (Å²) in [5.41, 5.74) is 1.81. The second-order valence-corrected chi connectivity index (χ2v) is 5.08. The molecule has 0 aliphatic heterocycles. The molecule has 0 aliphatic rings. The summed E-state index contributed by atoms with van der Waals surface area (Å²) in [5, 5.41) is 8.62. The van der Waals surface area contributed by atoms with E-state index in [4.69, 9.17) is 0 Å². The number of carbonyl (C=O) groups excluding carboxylic acids is 1. The third kappa shape index (κ3) is 4.22. The van der Waals surface area contributed by atoms with Gasteiger partial charge in [0.05, 0.1) is 5.69 Å². The maximum atomic E-state index is 12.0. The lowest BCUT2D eigenvalue weighted by Gasteiger charge is -2.10. The van der Waals surface area contributed by atoms with E-state index in [9.17, 15) is 9.59 Å². The van der Waals surface area contributed by atoms with Crippen LogP contribution in [0.3, 0.4) is 0 Å². The molecule has 1 amide bonds. The van der Waals surface area contributed by atoms with E-state index in [1.165, 1.54) is 10.7 Å². The minimum absolute atomic E-state index is 0. The van der Waals surface area contributed by atoms with E-state index in [1.807, 2.05) is 45.2 Å². The zero-order chi connectivity index (χ0) is 15.4. The van der Waals surface area contributed by atoms with Gasteiger partial charge in [-0.15, -0.1) is 12.4 Å². The summed E-state index contributed by atoms with van der Waals surface area (Å²) < 4.78 is 1.36. The number of rotatable bonds is 5. The molecule has 0 radical (unpaired) electrons. The molecule has 0 bridgehead atoms. The number of aromatic nitrogens is 2. The second-order valence-electron chi connectivity index (χ2n) is 5.08. The Bertz CT molecular complexity index is 676. The van der Waals surface area contributed by atoms with Crippen LogP contribution in [0.15, 0.2) is 35.1 Å². The SMILES string of the molecule is CNC(C)CNC(=O)c1cc(=O)n(-c2ccc(C)cc2)[nH]1.Cl. The van der Waals surface area contributed by atoms with Crippen molar-refractivity contribution in [1.82, 2.24) is 20.4 Å². The molecule has 2 aromatic rings. The molecule has 120 valence electrons. The first-order valence-electron chi connectivity index (χ1n) is 6.86. The van der Waals surface area contributed by atoms with Gasteiger partial charge in [-0.2, -0.15) is 0 Å². The summed E-state index contributed by atoms with van der Waals surface area (Å²) in [5.74, 6) is -0.292. The van der Waals surface area contributed by atoms with Crippen molar-refractivity contribution in [3.8, 4) is 5.69 Å². The summed E-state index contributed by atoms with van der Waals surface area (Å²) in [6.45, 7) is 4.43. The molecule has 1 atom stereocenters. The summed E-state index contributed by atoms with van der Waals surface area (Å²) in [4.78, 5) is 24.0. The van der Waals surface area contributed by atoms with Crippen LogP contribution in [0.2, 0.25) is 0 Å². The lowest BCUT2D eigenvalue weighted by atomic mass is 10.2. The average Bonchev–Trinajstić information content (AvgIpc) is 2.87. The Morgan fingerprint density at radius 3 is 2.55 bits per heavy atom. The number of likely N-dealkylation sites (N-methyl/N-ethyl adjacent to an activating group) is 1. The number of hydrogen-bond acceptors (Lipinski definition) is 3. The van der Waals surface area contributed by atoms with Crippen LogP contribution in [0, 0.1) is 6.92 Å². The van der Waals surface area contributed by atoms with E-state index in [0.717, 1.165) is 5.56 Å². The number of carbonyl (C=O) groups is 1. The molecule has 1 aromatic heterocycles. The van der Waals surface area contributed by atoms with Crippen molar-refractivity contribution >= 4 is 18.3 Å². The van der Waals surface area contributed by atoms with Gasteiger partial charge in [0.2, 0.25) is 0 Å². The molecule has 6 nitrogen and oxygen atoms in total. The van der Waals surface area contributed by atoms with Crippen molar-refractivity contribution in [2.45, 2.75) is 19.9 Å². The highest BCUT2D eigenvalue weighted by Gasteiger charge is 2.12. The van der Waals surface area contributed by atoms with Crippen molar-refractivity contribution in [3.05, 3.63) is 51.9 Å². The summed E-state index contributed by atoms with van der Waals surface area (Å²) in [7, 11) is 1.83. The van der Waals surface area contributed by atoms with Gasteiger partial charge < -0.3 is 10.6 Å². The largest absolute Gasteiger partial charge is 0.349 e. The number of nitrogens with one attached hydrogen (secondary N) is 3. The number of nitrogens with zero attached hydrogens (tertiary/aromatic N) is 1. The topological polar surface area (TPSA) is 78.9 Å². The molecule has 7 heteroatoms. The zero-order valence-corrected chi connectivity index (χ0v) is 13.7. The van der Waals surface area contributed by atoms with E-state index in [-0.39, 0.29) is 35.6 Å². The quantitative estimate of drug-likeness (QED) is 0.774. The third-order valence-corrected chi connectivity index (χ3v) is 3.32. The van der Waals surface area contributed by atoms with E-state index in [0.29, 0.717) is 12.2 Å². The standard InChI is InChI=1S/C15H20N4O2.ClH/c1-10-4-6-12(7-5-10)19-14(20)8-13(18-19)15(21)17-9-11(2)16-3;/h4-8,11,16,18H,9H2,1-3H3,(H,17,21);1H. The highest BCUT2D eigenvalue weighted by Crippen LogP contribution is 2.06. The first-order chi connectivity index (χ1) is 10.0. The Kier molecular flexibility index (Phi) is 6.39. The van der Waals surface area contributed by atoms with E-state index in [1.54, 1.807) is 0 Å². The van der Waals surface area contributed by atoms with Crippen molar-refractivity contribution < 1.29 is 4.79 Å². The number of benzene rings is 1. The smallest absolute Gasteiger partial charge is 0.271 e. The monoisotopic (exact) mass is 324 g/mol. The highest BCUT2D eigenvalue weighted by molar-refractivity contribution is 5.92. The normalized spacial score (nSPS) is 11.6. The Hall–Kier alpha value is -2.05. The molecule has 0 saturated heterocycles. The highest BCUT2D eigenvalue weighted by atomic mass is 35.5. The fraction of sp³-hybridized carbons (Fsp3) is 0.333. The van der Waals surface area contributed by atoms with Crippen LogP contribution in [0.1, 0.15) is 23.0 Å². The molecule has 0 spiro atoms. The van der Waals surface area contributed by atoms with Gasteiger partial charge in [-0.25, -0.2) is 4.68 Å². The van der Waals surface area contributed by atoms with E-state index >= 15 is 0 Å². The van der Waals surface area contributed by atoms with Gasteiger partial charge in [-0.1, -0.05) is 17.7 Å². The van der Waals surface area contributed by atoms with Gasteiger partial charge in [0.25, 0.3) is 11.5 Å². The van der Waals surface area contributed by atoms with Crippen molar-refractivity contribution in [3.63, 3.8) is 0 Å². The number of hydrogen-bond donors (Lipinski definition) is 3. The molecule has 1 unspecified atom stereocenters. The fourth-order valence-electron chi connectivity index (χ4n) is 1.84. The van der Waals surface area contributed by atoms with E-state index < -0.39 is 0 Å². The van der Waals surface area contributed by atoms with Crippen LogP contribution in [-0.2, 0) is 0 Å². The fourth-order valence-corrected chi connectivity index (χ4v) is 1.84. The summed E-state index contributed by atoms with van der Waals surface area (Å²) in [6, 6.07) is 8.96. The minimum atomic E-state index is -0.292. The van der Waals surface area contributed by atoms with Crippen molar-refractivity contribution in [2.75, 3.05) is 13.6 Å². The van der Waals surface area contributed by atoms with Crippen LogP contribution in [-0.4, -0.2) is 35.3 Å². The summed E-state index contributed by atoms with van der Waals surface area (Å²) >= 11 is 0. The molecule has 0 fully saturated rings. The van der Waals surface area contributed by atoms with Crippen LogP contribution >= 0.6 is 12.4 Å². The number of aromatic amines is 1. The molecule has 2 rings (SSSR count). The number of aryl methyl sites for hydroxylation is 1. The van der Waals surface area contributed by atoms with Crippen molar-refractivity contribution in [1.29, 1.82) is 0 Å². The maximum absolute atomic E-state index is 12.0. The first-order valence-corrected chi connectivity index (χ1v) is 6.86. The third-order valence-electron chi connectivity index (χ3n) is 3.32. The Morgan fingerprint density at radius 2 is 1.95 bits per heavy atom. The maximum Gasteiger partial charge on any atom is 0.271 e. The lowest BCUT2D eigenvalue weighted by molar-refractivity contribution is 0.0945. The number of H-pyrrole nitrogens is 1. The molecule has 1 heterocycles. The predicted octanol–water partition coefficient (Wildman–Crippen LogP) is 1.23. The van der Waals surface area contributed by atoms with Crippen LogP contribution < -0.4 is 16.2 Å². The van der Waals surface area contributed by atoms with E-state index in [2.05, 4.69) is 15.7 Å². The molecule has 22 heavy (non-hydrogen) atoms. The zero-order valence-electron chi connectivity index (χ0n) is 12.8. The molecular weight excluding hydrogens is 304 g/mol. The molecule has 0 aliphatic carbocycles. The minimum Gasteiger partial charge on any atom is -0.349 e. The number of amides is 1. The van der Waals surface area contributed by atoms with Gasteiger partial charge in [0.15, 0.2) is 0 Å². The molecular formula is C15H21ClN4O2. The Morgan fingerprint density at radius 1 is 1.32 bits per heavy atom. The summed E-state index contributed by atoms with van der Waals surface area (Å²) in [6.07, 6.45) is 0. The van der Waals surface area contributed by atoms with Crippen LogP contribution in [0.4, 0.5) is 0 Å². The Balaban J connectivity index is 0.00000242. The van der Waals surface area contributed by atoms with Crippen LogP contribution in [0.5, 0.6) is 0 Å². The molecule has 1 aromatic carbocycles. The lowest BCUT2D eigenvalue weighted by Crippen LogP contribution is -2.37. The first kappa shape index (κ1) is 18.0. The second kappa shape index (κ2) is 7.82. The van der Waals surface area contributed by atoms with Gasteiger partial charge in [0, 0.05) is 18.7 Å². The van der Waals surface area contributed by atoms with Gasteiger partial charge in [-0.05, 0) is 33.0 Å². The van der Waals surface area contributed by atoms with Gasteiger partial charge in [-0.3, -0.25) is 14.7 Å². The van der Waals surface area contributed by atoms with Gasteiger partial charge >= 0.3 is 0 Å². The predicted molar refractivity (Wildman–Crippen MR) is 89.2 cm³/mol. The average molecular weight is 325 g/mol. The molecule has 3 N–H and O–H groups in total.